The van der Waals surface area contributed by atoms with Crippen LogP contribution in [-0.4, -0.2) is 46.3 Å². The van der Waals surface area contributed by atoms with Gasteiger partial charge < -0.3 is 14.8 Å². The van der Waals surface area contributed by atoms with Gasteiger partial charge in [0, 0.05) is 32.2 Å². The number of allylic oxidation sites excluding steroid dienone is 4. The van der Waals surface area contributed by atoms with Crippen LogP contribution in [-0.2, 0) is 24.2 Å². The molecule has 0 fully saturated rings. The van der Waals surface area contributed by atoms with E-state index in [0.29, 0.717) is 24.0 Å². The van der Waals surface area contributed by atoms with Crippen LogP contribution < -0.4 is 0 Å². The van der Waals surface area contributed by atoms with Gasteiger partial charge in [-0.15, -0.1) is 0 Å². The lowest BCUT2D eigenvalue weighted by molar-refractivity contribution is -0.0980. The van der Waals surface area contributed by atoms with E-state index in [4.69, 9.17) is 19.9 Å². The van der Waals surface area contributed by atoms with Crippen molar-refractivity contribution in [1.29, 1.82) is 0 Å². The first-order valence-corrected chi connectivity index (χ1v) is 12.9. The summed E-state index contributed by atoms with van der Waals surface area (Å²) >= 11 is 0. The number of aryl methyl sites for hydroxylation is 1. The van der Waals surface area contributed by atoms with E-state index in [1.165, 1.54) is 25.1 Å². The van der Waals surface area contributed by atoms with Gasteiger partial charge in [-0.1, -0.05) is 36.8 Å². The third kappa shape index (κ3) is 11.7. The van der Waals surface area contributed by atoms with Gasteiger partial charge in [-0.3, -0.25) is 4.79 Å². The summed E-state index contributed by atoms with van der Waals surface area (Å²) < 4.78 is 24.8. The predicted octanol–water partition coefficient (Wildman–Crippen LogP) is 6.56. The van der Waals surface area contributed by atoms with Gasteiger partial charge >= 0.3 is 0 Å². The Morgan fingerprint density at radius 3 is 2.33 bits per heavy atom. The molecular formula is C31H39F2N3O3. The number of amides is 1. The Labute approximate surface area is 230 Å². The first kappa shape index (κ1) is 33.2. The molecule has 1 aromatic heterocycles. The Kier molecular flexibility index (Phi) is 15.7. The molecule has 6 nitrogen and oxygen atoms in total. The summed E-state index contributed by atoms with van der Waals surface area (Å²) in [5, 5.41) is 9.02. The Morgan fingerprint density at radius 2 is 1.72 bits per heavy atom. The van der Waals surface area contributed by atoms with E-state index in [0.717, 1.165) is 48.2 Å². The lowest BCUT2D eigenvalue weighted by atomic mass is 10.1. The molecule has 0 atom stereocenters. The average Bonchev–Trinajstić information content (AvgIpc) is 2.94. The molecule has 1 heterocycles. The van der Waals surface area contributed by atoms with Gasteiger partial charge in [0.25, 0.3) is 5.91 Å². The fourth-order valence-electron chi connectivity index (χ4n) is 3.64. The van der Waals surface area contributed by atoms with Crippen LogP contribution in [0.15, 0.2) is 66.5 Å². The van der Waals surface area contributed by atoms with Crippen LogP contribution in [0, 0.1) is 5.82 Å². The second kappa shape index (κ2) is 18.5. The van der Waals surface area contributed by atoms with Crippen LogP contribution in [0.2, 0.25) is 0 Å². The highest BCUT2D eigenvalue weighted by molar-refractivity contribution is 5.97. The minimum atomic E-state index is -0.315. The summed E-state index contributed by atoms with van der Waals surface area (Å²) in [5.41, 5.74) is 4.59. The zero-order chi connectivity index (χ0) is 29.2. The molecule has 0 unspecified atom stereocenters. The van der Waals surface area contributed by atoms with Crippen molar-refractivity contribution >= 4 is 23.7 Å². The van der Waals surface area contributed by atoms with Crippen LogP contribution in [0.3, 0.4) is 0 Å². The highest BCUT2D eigenvalue weighted by Gasteiger charge is 2.15. The third-order valence-electron chi connectivity index (χ3n) is 5.74. The first-order chi connectivity index (χ1) is 18.8. The number of hydrogen-bond donors (Lipinski definition) is 1. The number of benzene rings is 2. The second-order valence-electron chi connectivity index (χ2n) is 8.79. The second-order valence-corrected chi connectivity index (χ2v) is 8.79. The minimum absolute atomic E-state index is 0.120. The maximum absolute atomic E-state index is 13.5. The highest BCUT2D eigenvalue weighted by Crippen LogP contribution is 2.19. The van der Waals surface area contributed by atoms with Crippen LogP contribution in [0.4, 0.5) is 8.78 Å². The Morgan fingerprint density at radius 1 is 1.03 bits per heavy atom. The normalized spacial score (nSPS) is 11.0. The van der Waals surface area contributed by atoms with Gasteiger partial charge in [0.2, 0.25) is 0 Å². The molecule has 8 heteroatoms. The van der Waals surface area contributed by atoms with Gasteiger partial charge in [-0.2, -0.15) is 0 Å². The Balaban J connectivity index is 0.000000975. The summed E-state index contributed by atoms with van der Waals surface area (Å²) in [6.45, 7) is 7.57. The highest BCUT2D eigenvalue weighted by atomic mass is 19.1. The molecular weight excluding hydrogens is 500 g/mol. The number of rotatable bonds is 10. The van der Waals surface area contributed by atoms with Gasteiger partial charge in [0.05, 0.1) is 28.2 Å². The largest absolute Gasteiger partial charge is 0.396 e. The molecule has 39 heavy (non-hydrogen) atoms. The number of unbranched alkanes of at least 4 members (excludes halogenated alkanes) is 2. The van der Waals surface area contributed by atoms with Gasteiger partial charge in [-0.05, 0) is 75.9 Å². The first-order valence-electron chi connectivity index (χ1n) is 12.9. The van der Waals surface area contributed by atoms with Crippen molar-refractivity contribution < 1.29 is 23.5 Å². The monoisotopic (exact) mass is 539 g/mol. The zero-order valence-electron chi connectivity index (χ0n) is 23.3. The smallest absolute Gasteiger partial charge is 0.253 e. The summed E-state index contributed by atoms with van der Waals surface area (Å²) in [4.78, 5) is 32.2. The van der Waals surface area contributed by atoms with E-state index < -0.39 is 0 Å². The molecule has 0 bridgehead atoms. The SMILES string of the molecule is C/C=C(\C)F.C/C=C\Cc1nc2ccc(C(=O)N(C)Cc3cccc(F)c3)cc2nc1CCCCCO.C=O. The van der Waals surface area contributed by atoms with E-state index in [2.05, 4.69) is 6.08 Å². The molecule has 210 valence electrons. The van der Waals surface area contributed by atoms with Crippen molar-refractivity contribution in [1.82, 2.24) is 14.9 Å². The Bertz CT molecular complexity index is 1240. The average molecular weight is 540 g/mol. The fraction of sp³-hybridized carbons (Fsp3) is 0.355. The third-order valence-corrected chi connectivity index (χ3v) is 5.74. The maximum Gasteiger partial charge on any atom is 0.253 e. The molecule has 3 rings (SSSR count). The number of nitrogens with zero attached hydrogens (tertiary/aromatic N) is 3. The zero-order valence-corrected chi connectivity index (χ0v) is 23.3. The van der Waals surface area contributed by atoms with Crippen molar-refractivity contribution in [3.05, 3.63) is 94.9 Å². The predicted molar refractivity (Wildman–Crippen MR) is 153 cm³/mol. The van der Waals surface area contributed by atoms with Crippen molar-refractivity contribution in [3.8, 4) is 0 Å². The molecule has 2 aromatic carbocycles. The molecule has 0 spiro atoms. The molecule has 0 saturated heterocycles. The van der Waals surface area contributed by atoms with Crippen LogP contribution >= 0.6 is 0 Å². The van der Waals surface area contributed by atoms with Gasteiger partial charge in [0.15, 0.2) is 0 Å². The molecule has 3 aromatic rings. The van der Waals surface area contributed by atoms with E-state index >= 15 is 0 Å². The number of carbonyl (C=O) groups is 2. The summed E-state index contributed by atoms with van der Waals surface area (Å²) in [7, 11) is 1.70. The van der Waals surface area contributed by atoms with Crippen LogP contribution in [0.1, 0.15) is 67.3 Å². The molecule has 0 radical (unpaired) electrons. The molecule has 0 aliphatic heterocycles. The van der Waals surface area contributed by atoms with E-state index in [-0.39, 0.29) is 24.2 Å². The van der Waals surface area contributed by atoms with Crippen molar-refractivity contribution in [2.75, 3.05) is 13.7 Å². The molecule has 0 aliphatic rings. The molecule has 1 N–H and O–H groups in total. The van der Waals surface area contributed by atoms with Gasteiger partial charge in [0.1, 0.15) is 12.6 Å². The van der Waals surface area contributed by atoms with Gasteiger partial charge in [-0.25, -0.2) is 18.7 Å². The Hall–Kier alpha value is -3.78. The quantitative estimate of drug-likeness (QED) is 0.233. The van der Waals surface area contributed by atoms with Crippen molar-refractivity contribution in [3.63, 3.8) is 0 Å². The van der Waals surface area contributed by atoms with E-state index in [1.807, 2.05) is 25.9 Å². The molecule has 0 aliphatic carbocycles. The number of halogens is 2. The lowest BCUT2D eigenvalue weighted by Crippen LogP contribution is -2.26. The fourth-order valence-corrected chi connectivity index (χ4v) is 3.64. The van der Waals surface area contributed by atoms with Crippen molar-refractivity contribution in [2.24, 2.45) is 0 Å². The number of fused-ring (bicyclic) bond motifs is 1. The van der Waals surface area contributed by atoms with E-state index in [1.54, 1.807) is 43.1 Å². The number of aromatic nitrogens is 2. The summed E-state index contributed by atoms with van der Waals surface area (Å²) in [6.07, 6.45) is 9.62. The lowest BCUT2D eigenvalue weighted by Gasteiger charge is -2.18. The molecule has 1 amide bonds. The topological polar surface area (TPSA) is 83.4 Å². The molecule has 0 saturated carbocycles. The number of aliphatic hydroxyl groups excluding tert-OH is 1. The number of hydrogen-bond acceptors (Lipinski definition) is 5. The summed E-state index contributed by atoms with van der Waals surface area (Å²) in [5.74, 6) is -0.588. The maximum atomic E-state index is 13.5. The van der Waals surface area contributed by atoms with Crippen LogP contribution in [0.5, 0.6) is 0 Å². The number of carbonyl (C=O) groups excluding carboxylic acids is 2. The summed E-state index contributed by atoms with van der Waals surface area (Å²) in [6, 6.07) is 11.6. The van der Waals surface area contributed by atoms with Crippen molar-refractivity contribution in [2.45, 2.75) is 59.4 Å². The standard InChI is InChI=1S/C26H30FN3O2.C4H7F.CH2O/c1-3-4-11-22-23(12-6-5-7-15-31)29-25-17-20(13-14-24(25)28-22)26(32)30(2)18-19-9-8-10-21(27)16-19;1-3-4(2)5;1-2/h3-4,8-10,13-14,16-17,31H,5-7,11-12,15,18H2,1-2H3;3H,1-2H3;1H2/b4-3-;4-3+;. The minimum Gasteiger partial charge on any atom is -0.396 e. The van der Waals surface area contributed by atoms with E-state index in [9.17, 15) is 13.6 Å². The number of aliphatic hydroxyl groups is 1. The van der Waals surface area contributed by atoms with Crippen LogP contribution in [0.25, 0.3) is 11.0 Å².